The minimum atomic E-state index is -1.26. The number of aliphatic carboxylic acids is 1. The highest BCUT2D eigenvalue weighted by molar-refractivity contribution is 7.80. The molecule has 0 aliphatic heterocycles. The van der Waals surface area contributed by atoms with E-state index in [-0.39, 0.29) is 37.0 Å². The van der Waals surface area contributed by atoms with Gasteiger partial charge in [-0.1, -0.05) is 32.0 Å². The van der Waals surface area contributed by atoms with Crippen LogP contribution in [0.15, 0.2) is 35.5 Å². The Morgan fingerprint density at radius 1 is 1.03 bits per heavy atom. The van der Waals surface area contributed by atoms with Crippen molar-refractivity contribution < 1.29 is 24.3 Å². The summed E-state index contributed by atoms with van der Waals surface area (Å²) in [5, 5.41) is 17.9. The molecule has 11 N–H and O–H groups in total. The summed E-state index contributed by atoms with van der Waals surface area (Å²) in [5.41, 5.74) is 18.6. The van der Waals surface area contributed by atoms with Gasteiger partial charge in [-0.05, 0) is 36.8 Å². The number of carboxylic acids is 1. The van der Waals surface area contributed by atoms with E-state index in [4.69, 9.17) is 17.2 Å². The van der Waals surface area contributed by atoms with Crippen LogP contribution in [0.4, 0.5) is 0 Å². The quantitative estimate of drug-likeness (QED) is 0.0577. The van der Waals surface area contributed by atoms with E-state index < -0.39 is 47.9 Å². The largest absolute Gasteiger partial charge is 0.480 e. The van der Waals surface area contributed by atoms with Gasteiger partial charge < -0.3 is 43.2 Å². The Kier molecular flexibility index (Phi) is 12.1. The average molecular weight is 563 g/mol. The first-order valence-corrected chi connectivity index (χ1v) is 13.2. The van der Waals surface area contributed by atoms with Crippen molar-refractivity contribution in [1.29, 1.82) is 0 Å². The summed E-state index contributed by atoms with van der Waals surface area (Å²) in [7, 11) is 0. The van der Waals surface area contributed by atoms with Gasteiger partial charge in [0.1, 0.15) is 18.1 Å². The molecule has 0 radical (unpaired) electrons. The van der Waals surface area contributed by atoms with Crippen molar-refractivity contribution in [2.24, 2.45) is 28.1 Å². The number of hydrogen-bond donors (Lipinski definition) is 9. The molecule has 0 saturated heterocycles. The molecule has 14 heteroatoms. The first-order chi connectivity index (χ1) is 18.4. The van der Waals surface area contributed by atoms with Crippen LogP contribution >= 0.6 is 12.6 Å². The number of rotatable bonds is 15. The highest BCUT2D eigenvalue weighted by Gasteiger charge is 2.31. The lowest BCUT2D eigenvalue weighted by molar-refractivity contribution is -0.141. The molecule has 0 aliphatic carbocycles. The Hall–Kier alpha value is -3.78. The van der Waals surface area contributed by atoms with E-state index in [0.717, 1.165) is 16.5 Å². The molecule has 0 spiro atoms. The predicted molar refractivity (Wildman–Crippen MR) is 152 cm³/mol. The number of nitrogens with zero attached hydrogens (tertiary/aromatic N) is 1. The molecule has 4 unspecified atom stereocenters. The highest BCUT2D eigenvalue weighted by atomic mass is 32.1. The summed E-state index contributed by atoms with van der Waals surface area (Å²) in [6, 6.07) is 3.36. The number of carboxylic acid groups (broad SMARTS) is 1. The topological polar surface area (TPSA) is 231 Å². The number of guanidine groups is 1. The van der Waals surface area contributed by atoms with Crippen LogP contribution in [0.5, 0.6) is 0 Å². The molecule has 4 atom stereocenters. The highest BCUT2D eigenvalue weighted by Crippen LogP contribution is 2.19. The summed E-state index contributed by atoms with van der Waals surface area (Å²) in [6.45, 7) is 3.68. The Morgan fingerprint density at radius 3 is 2.31 bits per heavy atom. The maximum Gasteiger partial charge on any atom is 0.327 e. The van der Waals surface area contributed by atoms with Crippen LogP contribution in [-0.4, -0.2) is 76.2 Å². The third-order valence-corrected chi connectivity index (χ3v) is 6.44. The number of aromatic amines is 1. The second kappa shape index (κ2) is 15.0. The van der Waals surface area contributed by atoms with Crippen LogP contribution in [0.2, 0.25) is 0 Å². The van der Waals surface area contributed by atoms with Crippen LogP contribution in [-0.2, 0) is 25.6 Å². The van der Waals surface area contributed by atoms with Crippen LogP contribution in [0.25, 0.3) is 10.9 Å². The zero-order valence-electron chi connectivity index (χ0n) is 22.0. The SMILES string of the molecule is CC(C)C(NC(=O)C(N)Cc1c[nH]c2ccccc12)C(=O)NC(CCCN=C(N)N)C(=O)NC(CS)C(=O)O. The number of aliphatic imine (C=N–C) groups is 1. The molecule has 2 aromatic rings. The van der Waals surface area contributed by atoms with Crippen LogP contribution in [0.1, 0.15) is 32.3 Å². The fourth-order valence-electron chi connectivity index (χ4n) is 3.92. The number of benzene rings is 1. The van der Waals surface area contributed by atoms with E-state index >= 15 is 0 Å². The van der Waals surface area contributed by atoms with Crippen molar-refractivity contribution in [3.8, 4) is 0 Å². The van der Waals surface area contributed by atoms with E-state index in [1.165, 1.54) is 0 Å². The Bertz CT molecular complexity index is 1180. The maximum atomic E-state index is 13.2. The third kappa shape index (κ3) is 9.48. The minimum Gasteiger partial charge on any atom is -0.480 e. The van der Waals surface area contributed by atoms with Crippen molar-refractivity contribution >= 4 is 53.2 Å². The third-order valence-electron chi connectivity index (χ3n) is 6.07. The molecule has 13 nitrogen and oxygen atoms in total. The molecular formula is C25H38N8O5S. The van der Waals surface area contributed by atoms with E-state index in [2.05, 4.69) is 38.6 Å². The fourth-order valence-corrected chi connectivity index (χ4v) is 4.16. The first kappa shape index (κ1) is 31.4. The van der Waals surface area contributed by atoms with E-state index in [0.29, 0.717) is 6.42 Å². The summed E-state index contributed by atoms with van der Waals surface area (Å²) in [6.07, 6.45) is 2.48. The van der Waals surface area contributed by atoms with Crippen LogP contribution in [0.3, 0.4) is 0 Å². The number of carbonyl (C=O) groups is 4. The van der Waals surface area contributed by atoms with Gasteiger partial charge in [-0.3, -0.25) is 19.4 Å². The molecule has 0 saturated carbocycles. The zero-order valence-corrected chi connectivity index (χ0v) is 22.9. The molecule has 0 aliphatic rings. The number of fused-ring (bicyclic) bond motifs is 1. The van der Waals surface area contributed by atoms with Gasteiger partial charge in [0.2, 0.25) is 17.7 Å². The second-order valence-corrected chi connectivity index (χ2v) is 9.86. The van der Waals surface area contributed by atoms with Gasteiger partial charge in [-0.25, -0.2) is 4.79 Å². The number of aromatic nitrogens is 1. The lowest BCUT2D eigenvalue weighted by Crippen LogP contribution is -2.58. The molecule has 1 aromatic carbocycles. The number of hydrogen-bond acceptors (Lipinski definition) is 7. The van der Waals surface area contributed by atoms with Gasteiger partial charge in [0.25, 0.3) is 0 Å². The smallest absolute Gasteiger partial charge is 0.327 e. The standard InChI is InChI=1S/C25H38N8O5S/c1-13(2)20(33-21(34)16(26)10-14-11-30-17-7-4-3-6-15(14)17)23(36)31-18(8-5-9-29-25(27)28)22(35)32-19(12-39)24(37)38/h3-4,6-7,11,13,16,18-20,30,39H,5,8-10,12,26H2,1-2H3,(H,31,36)(H,32,35)(H,33,34)(H,37,38)(H4,27,28,29). The molecule has 3 amide bonds. The molecule has 1 heterocycles. The molecule has 2 rings (SSSR count). The fraction of sp³-hybridized carbons (Fsp3) is 0.480. The Morgan fingerprint density at radius 2 is 1.69 bits per heavy atom. The van der Waals surface area contributed by atoms with Crippen molar-refractivity contribution in [3.05, 3.63) is 36.0 Å². The Balaban J connectivity index is 2.11. The first-order valence-electron chi connectivity index (χ1n) is 12.5. The van der Waals surface area contributed by atoms with Crippen LogP contribution < -0.4 is 33.2 Å². The lowest BCUT2D eigenvalue weighted by atomic mass is 10.00. The van der Waals surface area contributed by atoms with E-state index in [1.807, 2.05) is 24.3 Å². The van der Waals surface area contributed by atoms with Crippen LogP contribution in [0, 0.1) is 5.92 Å². The number of H-pyrrole nitrogens is 1. The van der Waals surface area contributed by atoms with Crippen molar-refractivity contribution in [3.63, 3.8) is 0 Å². The lowest BCUT2D eigenvalue weighted by Gasteiger charge is -2.27. The van der Waals surface area contributed by atoms with E-state index in [1.54, 1.807) is 20.0 Å². The molecule has 0 fully saturated rings. The number of para-hydroxylation sites is 1. The molecule has 214 valence electrons. The van der Waals surface area contributed by atoms with Gasteiger partial charge in [0.15, 0.2) is 5.96 Å². The Labute approximate surface area is 232 Å². The van der Waals surface area contributed by atoms with Gasteiger partial charge in [-0.2, -0.15) is 12.6 Å². The van der Waals surface area contributed by atoms with E-state index in [9.17, 15) is 24.3 Å². The summed E-state index contributed by atoms with van der Waals surface area (Å²) in [5.74, 6) is -3.72. The predicted octanol–water partition coefficient (Wildman–Crippen LogP) is -0.784. The molecule has 1 aromatic heterocycles. The van der Waals surface area contributed by atoms with Crippen molar-refractivity contribution in [2.75, 3.05) is 12.3 Å². The molecular weight excluding hydrogens is 524 g/mol. The van der Waals surface area contributed by atoms with Crippen molar-refractivity contribution in [2.45, 2.75) is 57.3 Å². The van der Waals surface area contributed by atoms with Gasteiger partial charge >= 0.3 is 5.97 Å². The monoisotopic (exact) mass is 562 g/mol. The number of thiol groups is 1. The molecule has 39 heavy (non-hydrogen) atoms. The summed E-state index contributed by atoms with van der Waals surface area (Å²) < 4.78 is 0. The summed E-state index contributed by atoms with van der Waals surface area (Å²) in [4.78, 5) is 57.4. The van der Waals surface area contributed by atoms with Gasteiger partial charge in [-0.15, -0.1) is 0 Å². The number of nitrogens with one attached hydrogen (secondary N) is 4. The number of nitrogens with two attached hydrogens (primary N) is 3. The second-order valence-electron chi connectivity index (χ2n) is 9.49. The average Bonchev–Trinajstić information content (AvgIpc) is 3.29. The van der Waals surface area contributed by atoms with Gasteiger partial charge in [0.05, 0.1) is 6.04 Å². The maximum absolute atomic E-state index is 13.2. The van der Waals surface area contributed by atoms with Gasteiger partial charge in [0, 0.05) is 29.4 Å². The van der Waals surface area contributed by atoms with Crippen molar-refractivity contribution in [1.82, 2.24) is 20.9 Å². The number of carbonyl (C=O) groups excluding carboxylic acids is 3. The number of amides is 3. The minimum absolute atomic E-state index is 0.117. The normalized spacial score (nSPS) is 14.2. The zero-order chi connectivity index (χ0) is 29.1. The molecule has 0 bridgehead atoms. The summed E-state index contributed by atoms with van der Waals surface area (Å²) >= 11 is 3.95.